The third kappa shape index (κ3) is 3.02. The van der Waals surface area contributed by atoms with Crippen LogP contribution in [-0.2, 0) is 9.59 Å². The van der Waals surface area contributed by atoms with Gasteiger partial charge >= 0.3 is 0 Å². The first-order chi connectivity index (χ1) is 10.1. The fraction of sp³-hybridized carbons (Fsp3) is 0.357. The summed E-state index contributed by atoms with van der Waals surface area (Å²) in [5, 5.41) is 5.51. The summed E-state index contributed by atoms with van der Waals surface area (Å²) >= 11 is 1.46. The van der Waals surface area contributed by atoms with Gasteiger partial charge in [0.2, 0.25) is 11.8 Å². The molecule has 0 unspecified atom stereocenters. The van der Waals surface area contributed by atoms with Gasteiger partial charge in [0.05, 0.1) is 18.0 Å². The van der Waals surface area contributed by atoms with Gasteiger partial charge in [0, 0.05) is 23.5 Å². The summed E-state index contributed by atoms with van der Waals surface area (Å²) in [6, 6.07) is 5.27. The Hall–Kier alpha value is -2.02. The number of nitrogens with zero attached hydrogens (tertiary/aromatic N) is 1. The second kappa shape index (κ2) is 5.77. The molecule has 3 amide bonds. The molecule has 1 saturated heterocycles. The van der Waals surface area contributed by atoms with Gasteiger partial charge in [0.1, 0.15) is 0 Å². The van der Waals surface area contributed by atoms with Gasteiger partial charge in [-0.15, -0.1) is 11.8 Å². The Morgan fingerprint density at radius 3 is 2.95 bits per heavy atom. The van der Waals surface area contributed by atoms with Crippen LogP contribution in [0.15, 0.2) is 23.1 Å². The SMILES string of the molecule is O=C1CN(C(=O)c2ccc3c(c2)NC(=O)CS3)CCCN1. The van der Waals surface area contributed by atoms with E-state index in [4.69, 9.17) is 0 Å². The van der Waals surface area contributed by atoms with Crippen molar-refractivity contribution in [1.29, 1.82) is 0 Å². The van der Waals surface area contributed by atoms with E-state index in [0.717, 1.165) is 11.3 Å². The zero-order chi connectivity index (χ0) is 14.8. The molecule has 2 N–H and O–H groups in total. The lowest BCUT2D eigenvalue weighted by Crippen LogP contribution is -2.37. The standard InChI is InChI=1S/C14H15N3O3S/c18-12-7-17(5-1-4-15-12)14(20)9-2-3-11-10(6-9)16-13(19)8-21-11/h2-3,6H,1,4-5,7-8H2,(H,15,18)(H,16,19). The highest BCUT2D eigenvalue weighted by Crippen LogP contribution is 2.32. The number of fused-ring (bicyclic) bond motifs is 1. The number of hydrogen-bond acceptors (Lipinski definition) is 4. The van der Waals surface area contributed by atoms with Crippen molar-refractivity contribution >= 4 is 35.2 Å². The Bertz CT molecular complexity index is 617. The maximum atomic E-state index is 12.5. The topological polar surface area (TPSA) is 78.5 Å². The number of thioether (sulfide) groups is 1. The van der Waals surface area contributed by atoms with Crippen LogP contribution < -0.4 is 10.6 Å². The molecule has 0 radical (unpaired) electrons. The van der Waals surface area contributed by atoms with Crippen molar-refractivity contribution in [3.8, 4) is 0 Å². The molecule has 2 aliphatic rings. The molecule has 0 saturated carbocycles. The molecular weight excluding hydrogens is 290 g/mol. The van der Waals surface area contributed by atoms with Crippen LogP contribution in [0.5, 0.6) is 0 Å². The normalized spacial score (nSPS) is 18.4. The lowest BCUT2D eigenvalue weighted by atomic mass is 10.1. The van der Waals surface area contributed by atoms with Gasteiger partial charge in [-0.3, -0.25) is 14.4 Å². The minimum absolute atomic E-state index is 0.0637. The smallest absolute Gasteiger partial charge is 0.254 e. The van der Waals surface area contributed by atoms with Gasteiger partial charge in [-0.05, 0) is 24.6 Å². The van der Waals surface area contributed by atoms with Gasteiger partial charge < -0.3 is 15.5 Å². The molecule has 110 valence electrons. The average molecular weight is 305 g/mol. The first kappa shape index (κ1) is 13.9. The zero-order valence-corrected chi connectivity index (χ0v) is 12.2. The quantitative estimate of drug-likeness (QED) is 0.800. The highest BCUT2D eigenvalue weighted by Gasteiger charge is 2.23. The minimum Gasteiger partial charge on any atom is -0.354 e. The molecule has 3 rings (SSSR count). The largest absolute Gasteiger partial charge is 0.354 e. The van der Waals surface area contributed by atoms with Gasteiger partial charge in [-0.1, -0.05) is 0 Å². The van der Waals surface area contributed by atoms with E-state index in [1.165, 1.54) is 11.8 Å². The molecule has 0 atom stereocenters. The summed E-state index contributed by atoms with van der Waals surface area (Å²) < 4.78 is 0. The van der Waals surface area contributed by atoms with Crippen LogP contribution in [-0.4, -0.2) is 48.0 Å². The molecule has 1 aromatic carbocycles. The van der Waals surface area contributed by atoms with E-state index in [1.54, 1.807) is 17.0 Å². The van der Waals surface area contributed by atoms with E-state index in [2.05, 4.69) is 10.6 Å². The van der Waals surface area contributed by atoms with Crippen molar-refractivity contribution in [3.05, 3.63) is 23.8 Å². The van der Waals surface area contributed by atoms with Crippen LogP contribution in [0.2, 0.25) is 0 Å². The van der Waals surface area contributed by atoms with Crippen LogP contribution in [0.4, 0.5) is 5.69 Å². The number of carbonyl (C=O) groups is 3. The molecule has 1 fully saturated rings. The van der Waals surface area contributed by atoms with E-state index in [9.17, 15) is 14.4 Å². The average Bonchev–Trinajstić information content (AvgIpc) is 2.70. The van der Waals surface area contributed by atoms with E-state index in [-0.39, 0.29) is 24.3 Å². The van der Waals surface area contributed by atoms with Crippen molar-refractivity contribution in [1.82, 2.24) is 10.2 Å². The molecule has 0 spiro atoms. The molecule has 7 heteroatoms. The Morgan fingerprint density at radius 2 is 2.10 bits per heavy atom. The fourth-order valence-corrected chi connectivity index (χ4v) is 3.17. The first-order valence-electron chi connectivity index (χ1n) is 6.76. The van der Waals surface area contributed by atoms with Crippen LogP contribution in [0.1, 0.15) is 16.8 Å². The van der Waals surface area contributed by atoms with E-state index in [1.807, 2.05) is 6.07 Å². The predicted molar refractivity (Wildman–Crippen MR) is 79.3 cm³/mol. The predicted octanol–water partition coefficient (Wildman–Crippen LogP) is 0.693. The highest BCUT2D eigenvalue weighted by molar-refractivity contribution is 8.00. The van der Waals surface area contributed by atoms with Crippen molar-refractivity contribution in [2.75, 3.05) is 30.7 Å². The maximum absolute atomic E-state index is 12.5. The Balaban J connectivity index is 1.82. The van der Waals surface area contributed by atoms with Crippen molar-refractivity contribution in [2.24, 2.45) is 0 Å². The third-order valence-electron chi connectivity index (χ3n) is 3.41. The van der Waals surface area contributed by atoms with Crippen molar-refractivity contribution < 1.29 is 14.4 Å². The molecular formula is C14H15N3O3S. The van der Waals surface area contributed by atoms with E-state index in [0.29, 0.717) is 30.1 Å². The number of benzene rings is 1. The summed E-state index contributed by atoms with van der Waals surface area (Å²) in [4.78, 5) is 37.9. The summed E-state index contributed by atoms with van der Waals surface area (Å²) in [5.74, 6) is 0.0145. The van der Waals surface area contributed by atoms with E-state index >= 15 is 0 Å². The van der Waals surface area contributed by atoms with E-state index < -0.39 is 0 Å². The molecule has 0 aromatic heterocycles. The maximum Gasteiger partial charge on any atom is 0.254 e. The second-order valence-electron chi connectivity index (χ2n) is 4.98. The molecule has 2 aliphatic heterocycles. The van der Waals surface area contributed by atoms with Gasteiger partial charge in [0.25, 0.3) is 5.91 Å². The Kier molecular flexibility index (Phi) is 3.83. The molecule has 1 aromatic rings. The minimum atomic E-state index is -0.181. The molecule has 0 bridgehead atoms. The van der Waals surface area contributed by atoms with Crippen LogP contribution in [0, 0.1) is 0 Å². The summed E-state index contributed by atoms with van der Waals surface area (Å²) in [6.07, 6.45) is 0.745. The second-order valence-corrected chi connectivity index (χ2v) is 6.00. The molecule has 6 nitrogen and oxygen atoms in total. The van der Waals surface area contributed by atoms with Gasteiger partial charge in [-0.25, -0.2) is 0 Å². The summed E-state index contributed by atoms with van der Waals surface area (Å²) in [6.45, 7) is 1.23. The fourth-order valence-electron chi connectivity index (χ4n) is 2.38. The van der Waals surface area contributed by atoms with Crippen LogP contribution in [0.3, 0.4) is 0 Å². The summed E-state index contributed by atoms with van der Waals surface area (Å²) in [5.41, 5.74) is 1.16. The zero-order valence-electron chi connectivity index (χ0n) is 11.3. The molecule has 2 heterocycles. The number of hydrogen-bond donors (Lipinski definition) is 2. The van der Waals surface area contributed by atoms with Gasteiger partial charge in [-0.2, -0.15) is 0 Å². The van der Waals surface area contributed by atoms with Gasteiger partial charge in [0.15, 0.2) is 0 Å². The third-order valence-corrected chi connectivity index (χ3v) is 4.48. The van der Waals surface area contributed by atoms with Crippen molar-refractivity contribution in [3.63, 3.8) is 0 Å². The number of rotatable bonds is 1. The monoisotopic (exact) mass is 305 g/mol. The number of carbonyl (C=O) groups excluding carboxylic acids is 3. The lowest BCUT2D eigenvalue weighted by molar-refractivity contribution is -0.121. The summed E-state index contributed by atoms with van der Waals surface area (Å²) in [7, 11) is 0. The van der Waals surface area contributed by atoms with Crippen LogP contribution >= 0.6 is 11.8 Å². The molecule has 21 heavy (non-hydrogen) atoms. The molecule has 0 aliphatic carbocycles. The lowest BCUT2D eigenvalue weighted by Gasteiger charge is -2.21. The Morgan fingerprint density at radius 1 is 1.24 bits per heavy atom. The van der Waals surface area contributed by atoms with Crippen molar-refractivity contribution in [2.45, 2.75) is 11.3 Å². The number of nitrogens with one attached hydrogen (secondary N) is 2. The first-order valence-corrected chi connectivity index (χ1v) is 7.75. The van der Waals surface area contributed by atoms with Crippen LogP contribution in [0.25, 0.3) is 0 Å². The highest BCUT2D eigenvalue weighted by atomic mass is 32.2. The number of amides is 3. The number of anilines is 1. The Labute approximate surface area is 126 Å².